The monoisotopic (exact) mass is 413 g/mol. The van der Waals surface area contributed by atoms with E-state index < -0.39 is 0 Å². The van der Waals surface area contributed by atoms with Gasteiger partial charge in [0.15, 0.2) is 0 Å². The van der Waals surface area contributed by atoms with Crippen LogP contribution in [0.4, 0.5) is 5.69 Å². The van der Waals surface area contributed by atoms with Gasteiger partial charge in [-0.1, -0.05) is 24.3 Å². The van der Waals surface area contributed by atoms with E-state index in [0.29, 0.717) is 19.7 Å². The van der Waals surface area contributed by atoms with E-state index in [4.69, 9.17) is 4.74 Å². The maximum Gasteiger partial charge on any atom is 0.236 e. The van der Waals surface area contributed by atoms with Crippen LogP contribution in [0.5, 0.6) is 5.75 Å². The fraction of sp³-hybridized carbons (Fsp3) is 0.435. The van der Waals surface area contributed by atoms with Gasteiger partial charge >= 0.3 is 0 Å². The number of anilines is 1. The first-order chi connectivity index (χ1) is 14.1. The highest BCUT2D eigenvalue weighted by atomic mass is 32.2. The quantitative estimate of drug-likeness (QED) is 0.618. The predicted molar refractivity (Wildman–Crippen MR) is 121 cm³/mol. The summed E-state index contributed by atoms with van der Waals surface area (Å²) < 4.78 is 5.77. The normalized spacial score (nSPS) is 14.7. The number of nitrogens with zero attached hydrogens (tertiary/aromatic N) is 3. The third-order valence-corrected chi connectivity index (χ3v) is 5.99. The van der Waals surface area contributed by atoms with E-state index >= 15 is 0 Å². The predicted octanol–water partition coefficient (Wildman–Crippen LogP) is 3.59. The van der Waals surface area contributed by atoms with E-state index in [1.165, 1.54) is 4.90 Å². The summed E-state index contributed by atoms with van der Waals surface area (Å²) in [7, 11) is 1.89. The summed E-state index contributed by atoms with van der Waals surface area (Å²) in [5.41, 5.74) is 2.31. The van der Waals surface area contributed by atoms with Gasteiger partial charge in [0.05, 0.1) is 18.8 Å². The van der Waals surface area contributed by atoms with Gasteiger partial charge in [0.25, 0.3) is 0 Å². The Kier molecular flexibility index (Phi) is 7.83. The summed E-state index contributed by atoms with van der Waals surface area (Å²) in [5.74, 6) is 1.11. The largest absolute Gasteiger partial charge is 0.492 e. The summed E-state index contributed by atoms with van der Waals surface area (Å²) in [6, 6.07) is 16.6. The summed E-state index contributed by atoms with van der Waals surface area (Å²) in [5, 5.41) is 0. The number of piperazine rings is 1. The minimum Gasteiger partial charge on any atom is -0.492 e. The number of carbonyl (C=O) groups excluding carboxylic acids is 1. The van der Waals surface area contributed by atoms with Gasteiger partial charge < -0.3 is 14.5 Å². The van der Waals surface area contributed by atoms with E-state index in [-0.39, 0.29) is 5.91 Å². The molecular formula is C23H31N3O2S. The molecule has 2 aromatic carbocycles. The first kappa shape index (κ1) is 21.5. The topological polar surface area (TPSA) is 36.0 Å². The Morgan fingerprint density at radius 3 is 2.41 bits per heavy atom. The number of benzene rings is 2. The van der Waals surface area contributed by atoms with E-state index in [2.05, 4.69) is 52.5 Å². The summed E-state index contributed by atoms with van der Waals surface area (Å²) in [6.07, 6.45) is 2.07. The number of ether oxygens (including phenoxy) is 1. The second-order valence-electron chi connectivity index (χ2n) is 7.26. The van der Waals surface area contributed by atoms with Crippen LogP contribution in [0.25, 0.3) is 0 Å². The molecule has 156 valence electrons. The molecule has 0 saturated carbocycles. The van der Waals surface area contributed by atoms with Gasteiger partial charge in [-0.15, -0.1) is 11.8 Å². The number of thioether (sulfide) groups is 1. The number of para-hydroxylation sites is 2. The molecular weight excluding hydrogens is 382 g/mol. The first-order valence-electron chi connectivity index (χ1n) is 10.2. The van der Waals surface area contributed by atoms with Crippen molar-refractivity contribution < 1.29 is 9.53 Å². The van der Waals surface area contributed by atoms with Crippen molar-refractivity contribution in [2.75, 3.05) is 57.5 Å². The number of rotatable bonds is 8. The van der Waals surface area contributed by atoms with E-state index in [1.807, 2.05) is 31.0 Å². The van der Waals surface area contributed by atoms with Gasteiger partial charge in [0.2, 0.25) is 5.91 Å². The van der Waals surface area contributed by atoms with Gasteiger partial charge in [-0.3, -0.25) is 9.69 Å². The molecule has 1 heterocycles. The molecule has 0 spiro atoms. The highest BCUT2D eigenvalue weighted by Gasteiger charge is 2.22. The van der Waals surface area contributed by atoms with Gasteiger partial charge in [0.1, 0.15) is 5.75 Å². The zero-order valence-electron chi connectivity index (χ0n) is 17.6. The maximum atomic E-state index is 12.7. The number of likely N-dealkylation sites (N-methyl/N-ethyl adjacent to an activating group) is 1. The molecule has 1 fully saturated rings. The SMILES string of the molecule is CCOc1ccccc1N1CCN(CC(=O)N(C)Cc2ccc(SC)cc2)CC1. The molecule has 0 aromatic heterocycles. The molecule has 5 nitrogen and oxygen atoms in total. The summed E-state index contributed by atoms with van der Waals surface area (Å²) >= 11 is 1.73. The Labute approximate surface area is 178 Å². The van der Waals surface area contributed by atoms with Crippen LogP contribution in [0, 0.1) is 0 Å². The van der Waals surface area contributed by atoms with Gasteiger partial charge in [-0.05, 0) is 43.0 Å². The highest BCUT2D eigenvalue weighted by molar-refractivity contribution is 7.98. The van der Waals surface area contributed by atoms with Gasteiger partial charge in [-0.25, -0.2) is 0 Å². The molecule has 1 amide bonds. The van der Waals surface area contributed by atoms with Crippen molar-refractivity contribution in [3.63, 3.8) is 0 Å². The molecule has 1 aliphatic rings. The lowest BCUT2D eigenvalue weighted by atomic mass is 10.2. The molecule has 3 rings (SSSR count). The van der Waals surface area contributed by atoms with Crippen molar-refractivity contribution in [3.05, 3.63) is 54.1 Å². The van der Waals surface area contributed by atoms with E-state index in [1.54, 1.807) is 11.8 Å². The molecule has 29 heavy (non-hydrogen) atoms. The Morgan fingerprint density at radius 2 is 1.76 bits per heavy atom. The molecule has 6 heteroatoms. The van der Waals surface area contributed by atoms with Crippen LogP contribution in [0.3, 0.4) is 0 Å². The molecule has 0 bridgehead atoms. The standard InChI is InChI=1S/C23H31N3O2S/c1-4-28-22-8-6-5-7-21(22)26-15-13-25(14-16-26)18-23(27)24(2)17-19-9-11-20(29-3)12-10-19/h5-12H,4,13-18H2,1-3H3. The Hall–Kier alpha value is -2.18. The lowest BCUT2D eigenvalue weighted by Gasteiger charge is -2.36. The zero-order chi connectivity index (χ0) is 20.6. The van der Waals surface area contributed by atoms with Crippen LogP contribution in [0.2, 0.25) is 0 Å². The molecule has 0 atom stereocenters. The van der Waals surface area contributed by atoms with Crippen molar-refractivity contribution in [1.82, 2.24) is 9.80 Å². The lowest BCUT2D eigenvalue weighted by Crippen LogP contribution is -2.49. The second-order valence-corrected chi connectivity index (χ2v) is 8.14. The molecule has 1 aliphatic heterocycles. The van der Waals surface area contributed by atoms with Crippen LogP contribution in [0.1, 0.15) is 12.5 Å². The third-order valence-electron chi connectivity index (χ3n) is 5.24. The van der Waals surface area contributed by atoms with E-state index in [0.717, 1.165) is 43.2 Å². The summed E-state index contributed by atoms with van der Waals surface area (Å²) in [4.78, 5) is 20.3. The smallest absolute Gasteiger partial charge is 0.236 e. The Balaban J connectivity index is 1.49. The van der Waals surface area contributed by atoms with Crippen LogP contribution in [-0.4, -0.2) is 68.3 Å². The van der Waals surface area contributed by atoms with Gasteiger partial charge in [-0.2, -0.15) is 0 Å². The van der Waals surface area contributed by atoms with Crippen molar-refractivity contribution >= 4 is 23.4 Å². The first-order valence-corrected chi connectivity index (χ1v) is 11.4. The number of carbonyl (C=O) groups is 1. The van der Waals surface area contributed by atoms with Crippen LogP contribution >= 0.6 is 11.8 Å². The van der Waals surface area contributed by atoms with Crippen molar-refractivity contribution in [1.29, 1.82) is 0 Å². The fourth-order valence-electron chi connectivity index (χ4n) is 3.55. The van der Waals surface area contributed by atoms with Crippen molar-refractivity contribution in [2.24, 2.45) is 0 Å². The van der Waals surface area contributed by atoms with Crippen molar-refractivity contribution in [2.45, 2.75) is 18.4 Å². The lowest BCUT2D eigenvalue weighted by molar-refractivity contribution is -0.131. The molecule has 0 aliphatic carbocycles. The average molecular weight is 414 g/mol. The second kappa shape index (κ2) is 10.6. The Bertz CT molecular complexity index is 789. The minimum atomic E-state index is 0.169. The maximum absolute atomic E-state index is 12.7. The number of hydrogen-bond donors (Lipinski definition) is 0. The molecule has 1 saturated heterocycles. The number of amides is 1. The van der Waals surface area contributed by atoms with Crippen LogP contribution < -0.4 is 9.64 Å². The third kappa shape index (κ3) is 5.90. The van der Waals surface area contributed by atoms with E-state index in [9.17, 15) is 4.79 Å². The van der Waals surface area contributed by atoms with Crippen LogP contribution in [-0.2, 0) is 11.3 Å². The molecule has 2 aromatic rings. The molecule has 0 unspecified atom stereocenters. The Morgan fingerprint density at radius 1 is 1.07 bits per heavy atom. The summed E-state index contributed by atoms with van der Waals surface area (Å²) in [6.45, 7) is 7.35. The van der Waals surface area contributed by atoms with Crippen molar-refractivity contribution in [3.8, 4) is 5.75 Å². The average Bonchev–Trinajstić information content (AvgIpc) is 2.75. The fourth-order valence-corrected chi connectivity index (χ4v) is 3.96. The van der Waals surface area contributed by atoms with Crippen LogP contribution in [0.15, 0.2) is 53.4 Å². The molecule has 0 radical (unpaired) electrons. The highest BCUT2D eigenvalue weighted by Crippen LogP contribution is 2.28. The molecule has 0 N–H and O–H groups in total. The zero-order valence-corrected chi connectivity index (χ0v) is 18.5. The minimum absolute atomic E-state index is 0.169. The number of hydrogen-bond acceptors (Lipinski definition) is 5. The van der Waals surface area contributed by atoms with Gasteiger partial charge in [0, 0.05) is 44.7 Å².